The van der Waals surface area contributed by atoms with Gasteiger partial charge in [-0.3, -0.25) is 0 Å². The molecule has 2 unspecified atom stereocenters. The molecular formula is C19H28O2. The number of ether oxygens (including phenoxy) is 1. The minimum atomic E-state index is -0.335. The second-order valence-corrected chi connectivity index (χ2v) is 6.88. The summed E-state index contributed by atoms with van der Waals surface area (Å²) in [6, 6.07) is 8.50. The summed E-state index contributed by atoms with van der Waals surface area (Å²) in [7, 11) is 0. The number of rotatable bonds is 3. The lowest BCUT2D eigenvalue weighted by atomic mass is 9.74. The van der Waals surface area contributed by atoms with Gasteiger partial charge in [-0.05, 0) is 49.1 Å². The summed E-state index contributed by atoms with van der Waals surface area (Å²) in [6.45, 7) is 2.98. The van der Waals surface area contributed by atoms with Crippen molar-refractivity contribution < 1.29 is 9.84 Å². The van der Waals surface area contributed by atoms with Crippen molar-refractivity contribution in [3.63, 3.8) is 0 Å². The maximum atomic E-state index is 10.8. The smallest absolute Gasteiger partial charge is 0.0820 e. The number of aryl methyl sites for hydroxylation is 1. The second kappa shape index (κ2) is 6.50. The predicted molar refractivity (Wildman–Crippen MR) is 85.3 cm³/mol. The van der Waals surface area contributed by atoms with Gasteiger partial charge in [-0.1, -0.05) is 50.5 Å². The maximum absolute atomic E-state index is 10.8. The molecule has 1 saturated heterocycles. The van der Waals surface area contributed by atoms with Gasteiger partial charge in [0.25, 0.3) is 0 Å². The van der Waals surface area contributed by atoms with E-state index < -0.39 is 0 Å². The first-order chi connectivity index (χ1) is 10.2. The summed E-state index contributed by atoms with van der Waals surface area (Å²) in [6.07, 6.45) is 9.02. The zero-order chi connectivity index (χ0) is 14.7. The molecule has 2 heteroatoms. The van der Waals surface area contributed by atoms with Crippen molar-refractivity contribution in [1.29, 1.82) is 0 Å². The molecule has 116 valence electrons. The van der Waals surface area contributed by atoms with Gasteiger partial charge < -0.3 is 9.84 Å². The molecule has 1 aliphatic heterocycles. The van der Waals surface area contributed by atoms with Crippen LogP contribution in [0, 0.1) is 5.92 Å². The summed E-state index contributed by atoms with van der Waals surface area (Å²) in [5, 5.41) is 10.8. The molecule has 0 amide bonds. The molecule has 3 rings (SSSR count). The van der Waals surface area contributed by atoms with Crippen LogP contribution in [-0.2, 0) is 11.2 Å². The molecule has 1 heterocycles. The summed E-state index contributed by atoms with van der Waals surface area (Å²) in [4.78, 5) is 0. The summed E-state index contributed by atoms with van der Waals surface area (Å²) in [5.74, 6) is 0.351. The number of hydrogen-bond acceptors (Lipinski definition) is 2. The molecule has 1 aromatic carbocycles. The van der Waals surface area contributed by atoms with Gasteiger partial charge >= 0.3 is 0 Å². The molecule has 0 radical (unpaired) electrons. The Hall–Kier alpha value is -0.860. The first-order valence-corrected chi connectivity index (χ1v) is 8.63. The van der Waals surface area contributed by atoms with E-state index in [0.717, 1.165) is 31.4 Å². The lowest BCUT2D eigenvalue weighted by molar-refractivity contribution is -0.134. The van der Waals surface area contributed by atoms with Crippen LogP contribution < -0.4 is 0 Å². The Labute approximate surface area is 128 Å². The van der Waals surface area contributed by atoms with Crippen LogP contribution in [0.5, 0.6) is 0 Å². The molecule has 1 spiro atoms. The molecule has 1 saturated carbocycles. The van der Waals surface area contributed by atoms with E-state index in [1.165, 1.54) is 37.7 Å². The minimum Gasteiger partial charge on any atom is -0.388 e. The molecule has 0 bridgehead atoms. The van der Waals surface area contributed by atoms with Crippen molar-refractivity contribution >= 4 is 0 Å². The maximum Gasteiger partial charge on any atom is 0.0820 e. The summed E-state index contributed by atoms with van der Waals surface area (Å²) >= 11 is 0. The highest BCUT2D eigenvalue weighted by molar-refractivity contribution is 5.24. The largest absolute Gasteiger partial charge is 0.388 e. The molecule has 2 fully saturated rings. The van der Waals surface area contributed by atoms with Crippen molar-refractivity contribution in [2.45, 2.75) is 70.0 Å². The first kappa shape index (κ1) is 15.1. The Morgan fingerprint density at radius 1 is 1.19 bits per heavy atom. The van der Waals surface area contributed by atoms with E-state index in [1.54, 1.807) is 0 Å². The van der Waals surface area contributed by atoms with E-state index in [2.05, 4.69) is 31.2 Å². The first-order valence-electron chi connectivity index (χ1n) is 8.63. The topological polar surface area (TPSA) is 29.5 Å². The fourth-order valence-electron chi connectivity index (χ4n) is 4.10. The summed E-state index contributed by atoms with van der Waals surface area (Å²) in [5.41, 5.74) is 2.48. The predicted octanol–water partition coefficient (Wildman–Crippen LogP) is 4.41. The van der Waals surface area contributed by atoms with E-state index >= 15 is 0 Å². The molecule has 2 nitrogen and oxygen atoms in total. The van der Waals surface area contributed by atoms with Gasteiger partial charge in [0.1, 0.15) is 0 Å². The fraction of sp³-hybridized carbons (Fsp3) is 0.684. The van der Waals surface area contributed by atoms with E-state index in [4.69, 9.17) is 4.74 Å². The molecule has 2 atom stereocenters. The Balaban J connectivity index is 1.69. The molecule has 1 aliphatic carbocycles. The van der Waals surface area contributed by atoms with Crippen molar-refractivity contribution in [3.05, 3.63) is 35.4 Å². The van der Waals surface area contributed by atoms with E-state index in [-0.39, 0.29) is 11.7 Å². The van der Waals surface area contributed by atoms with E-state index in [9.17, 15) is 5.11 Å². The monoisotopic (exact) mass is 288 g/mol. The Morgan fingerprint density at radius 3 is 2.57 bits per heavy atom. The average Bonchev–Trinajstić information content (AvgIpc) is 2.55. The molecule has 1 N–H and O–H groups in total. The third-order valence-corrected chi connectivity index (χ3v) is 5.47. The minimum absolute atomic E-state index is 0.0749. The van der Waals surface area contributed by atoms with Gasteiger partial charge in [0.05, 0.1) is 11.7 Å². The Kier molecular flexibility index (Phi) is 4.66. The highest BCUT2D eigenvalue weighted by atomic mass is 16.5. The number of aliphatic hydroxyl groups excluding tert-OH is 1. The van der Waals surface area contributed by atoms with Crippen molar-refractivity contribution in [1.82, 2.24) is 0 Å². The van der Waals surface area contributed by atoms with Crippen LogP contribution in [0.4, 0.5) is 0 Å². The normalized spacial score (nSPS) is 26.7. The number of hydrogen-bond donors (Lipinski definition) is 1. The zero-order valence-electron chi connectivity index (χ0n) is 13.2. The SMILES string of the molecule is CCc1ccc(C(O)C2CCOC3(CCCCC3)C2)cc1. The Morgan fingerprint density at radius 2 is 1.90 bits per heavy atom. The van der Waals surface area contributed by atoms with Crippen molar-refractivity contribution in [2.75, 3.05) is 6.61 Å². The quantitative estimate of drug-likeness (QED) is 0.892. The standard InChI is InChI=1S/C19H28O2/c1-2-15-6-8-16(9-7-15)18(20)17-10-13-21-19(14-17)11-4-3-5-12-19/h6-9,17-18,20H,2-5,10-14H2,1H3. The van der Waals surface area contributed by atoms with E-state index in [1.807, 2.05) is 0 Å². The Bertz CT molecular complexity index is 440. The third kappa shape index (κ3) is 3.32. The van der Waals surface area contributed by atoms with Crippen LogP contribution in [0.2, 0.25) is 0 Å². The highest BCUT2D eigenvalue weighted by Gasteiger charge is 2.40. The molecular weight excluding hydrogens is 260 g/mol. The van der Waals surface area contributed by atoms with Crippen LogP contribution in [0.1, 0.15) is 69.1 Å². The van der Waals surface area contributed by atoms with Crippen LogP contribution in [0.15, 0.2) is 24.3 Å². The zero-order valence-corrected chi connectivity index (χ0v) is 13.2. The molecule has 1 aromatic rings. The van der Waals surface area contributed by atoms with Gasteiger partial charge in [-0.15, -0.1) is 0 Å². The lowest BCUT2D eigenvalue weighted by Crippen LogP contribution is -2.42. The second-order valence-electron chi connectivity index (χ2n) is 6.88. The molecule has 0 aromatic heterocycles. The van der Waals surface area contributed by atoms with Crippen LogP contribution in [0.3, 0.4) is 0 Å². The van der Waals surface area contributed by atoms with Gasteiger partial charge in [-0.25, -0.2) is 0 Å². The lowest BCUT2D eigenvalue weighted by Gasteiger charge is -2.44. The molecule has 2 aliphatic rings. The van der Waals surface area contributed by atoms with Gasteiger partial charge in [0, 0.05) is 6.61 Å². The fourth-order valence-corrected chi connectivity index (χ4v) is 4.10. The van der Waals surface area contributed by atoms with Crippen molar-refractivity contribution in [3.8, 4) is 0 Å². The molecule has 21 heavy (non-hydrogen) atoms. The highest BCUT2D eigenvalue weighted by Crippen LogP contribution is 2.44. The van der Waals surface area contributed by atoms with Crippen LogP contribution >= 0.6 is 0 Å². The van der Waals surface area contributed by atoms with Gasteiger partial charge in [-0.2, -0.15) is 0 Å². The number of benzene rings is 1. The van der Waals surface area contributed by atoms with E-state index in [0.29, 0.717) is 5.92 Å². The number of aliphatic hydroxyl groups is 1. The van der Waals surface area contributed by atoms with Crippen LogP contribution in [-0.4, -0.2) is 17.3 Å². The third-order valence-electron chi connectivity index (χ3n) is 5.47. The average molecular weight is 288 g/mol. The van der Waals surface area contributed by atoms with Crippen LogP contribution in [0.25, 0.3) is 0 Å². The van der Waals surface area contributed by atoms with Crippen molar-refractivity contribution in [2.24, 2.45) is 5.92 Å². The van der Waals surface area contributed by atoms with Gasteiger partial charge in [0.15, 0.2) is 0 Å². The summed E-state index contributed by atoms with van der Waals surface area (Å²) < 4.78 is 6.15. The van der Waals surface area contributed by atoms with Gasteiger partial charge in [0.2, 0.25) is 0 Å².